The molecule has 28 heavy (non-hydrogen) atoms. The number of hydroxylamine groups is 1. The first-order valence-corrected chi connectivity index (χ1v) is 10.6. The first-order chi connectivity index (χ1) is 13.3. The predicted octanol–water partition coefficient (Wildman–Crippen LogP) is 1.81. The van der Waals surface area contributed by atoms with E-state index in [0.717, 1.165) is 19.3 Å². The number of aromatic nitrogens is 3. The van der Waals surface area contributed by atoms with Crippen molar-refractivity contribution in [2.24, 2.45) is 0 Å². The van der Waals surface area contributed by atoms with Crippen LogP contribution >= 0.6 is 11.6 Å². The molecular weight excluding hydrogens is 406 g/mol. The van der Waals surface area contributed by atoms with Crippen LogP contribution in [0.25, 0.3) is 0 Å². The number of amides is 1. The van der Waals surface area contributed by atoms with Crippen LogP contribution in [0.15, 0.2) is 35.5 Å². The Labute approximate surface area is 168 Å². The summed E-state index contributed by atoms with van der Waals surface area (Å²) in [6.07, 6.45) is 6.10. The van der Waals surface area contributed by atoms with E-state index < -0.39 is 10.0 Å². The second-order valence-electron chi connectivity index (χ2n) is 6.52. The van der Waals surface area contributed by atoms with Crippen molar-refractivity contribution in [3.63, 3.8) is 0 Å². The topological polar surface area (TPSA) is 97.6 Å². The molecule has 3 rings (SSSR count). The molecule has 0 spiro atoms. The Balaban J connectivity index is 1.89. The van der Waals surface area contributed by atoms with Gasteiger partial charge in [-0.25, -0.2) is 8.42 Å². The number of hydrogen-bond donors (Lipinski definition) is 0. The lowest BCUT2D eigenvalue weighted by atomic mass is 10.0. The van der Waals surface area contributed by atoms with Gasteiger partial charge in [0.05, 0.1) is 30.9 Å². The SMILES string of the molecule is CON(C)S(=O)(=O)c1cc(C(=O)N2CCCC[C@H]2Cn2ccnn2)ccc1Cl. The minimum atomic E-state index is -3.97. The second-order valence-corrected chi connectivity index (χ2v) is 8.83. The number of piperidine rings is 1. The van der Waals surface area contributed by atoms with Crippen LogP contribution in [0.2, 0.25) is 5.02 Å². The van der Waals surface area contributed by atoms with Crippen LogP contribution in [0, 0.1) is 0 Å². The molecule has 1 aliphatic rings. The molecule has 1 atom stereocenters. The van der Waals surface area contributed by atoms with E-state index in [1.807, 2.05) is 0 Å². The fourth-order valence-electron chi connectivity index (χ4n) is 3.24. The summed E-state index contributed by atoms with van der Waals surface area (Å²) >= 11 is 6.09. The van der Waals surface area contributed by atoms with Gasteiger partial charge in [-0.3, -0.25) is 14.3 Å². The van der Waals surface area contributed by atoms with Gasteiger partial charge >= 0.3 is 0 Å². The van der Waals surface area contributed by atoms with E-state index in [2.05, 4.69) is 10.3 Å². The maximum Gasteiger partial charge on any atom is 0.266 e. The number of rotatable bonds is 6. The van der Waals surface area contributed by atoms with E-state index in [-0.39, 0.29) is 27.4 Å². The maximum atomic E-state index is 13.2. The van der Waals surface area contributed by atoms with E-state index in [1.165, 1.54) is 32.4 Å². The van der Waals surface area contributed by atoms with E-state index in [1.54, 1.807) is 22.0 Å². The fraction of sp³-hybridized carbons (Fsp3) is 0.471. The number of nitrogens with zero attached hydrogens (tertiary/aromatic N) is 5. The molecule has 0 bridgehead atoms. The van der Waals surface area contributed by atoms with Gasteiger partial charge in [0.25, 0.3) is 15.9 Å². The molecule has 0 aliphatic carbocycles. The highest BCUT2D eigenvalue weighted by Gasteiger charge is 2.30. The summed E-state index contributed by atoms with van der Waals surface area (Å²) in [5, 5.41) is 7.80. The van der Waals surface area contributed by atoms with Crippen molar-refractivity contribution in [1.29, 1.82) is 0 Å². The molecule has 1 aromatic heterocycles. The fourth-order valence-corrected chi connectivity index (χ4v) is 4.71. The van der Waals surface area contributed by atoms with Crippen LogP contribution < -0.4 is 0 Å². The van der Waals surface area contributed by atoms with E-state index >= 15 is 0 Å². The smallest absolute Gasteiger partial charge is 0.266 e. The quantitative estimate of drug-likeness (QED) is 0.652. The average Bonchev–Trinajstić information content (AvgIpc) is 3.20. The largest absolute Gasteiger partial charge is 0.334 e. The van der Waals surface area contributed by atoms with E-state index in [9.17, 15) is 13.2 Å². The van der Waals surface area contributed by atoms with Crippen LogP contribution in [-0.2, 0) is 21.4 Å². The lowest BCUT2D eigenvalue weighted by Gasteiger charge is -2.35. The number of halogens is 1. The van der Waals surface area contributed by atoms with Gasteiger partial charge < -0.3 is 4.90 Å². The van der Waals surface area contributed by atoms with Gasteiger partial charge in [0.2, 0.25) is 0 Å². The van der Waals surface area contributed by atoms with Gasteiger partial charge in [-0.05, 0) is 37.5 Å². The van der Waals surface area contributed by atoms with Crippen LogP contribution in [0.1, 0.15) is 29.6 Å². The Morgan fingerprint density at radius 3 is 2.86 bits per heavy atom. The summed E-state index contributed by atoms with van der Waals surface area (Å²) in [5.74, 6) is -0.238. The van der Waals surface area contributed by atoms with Crippen molar-refractivity contribution in [2.45, 2.75) is 36.7 Å². The molecule has 11 heteroatoms. The van der Waals surface area contributed by atoms with Crippen LogP contribution in [0.4, 0.5) is 0 Å². The van der Waals surface area contributed by atoms with Crippen molar-refractivity contribution < 1.29 is 18.0 Å². The molecule has 1 saturated heterocycles. The zero-order chi connectivity index (χ0) is 20.3. The molecule has 0 unspecified atom stereocenters. The minimum absolute atomic E-state index is 0.0262. The molecular formula is C17H22ClN5O4S. The van der Waals surface area contributed by atoms with Crippen molar-refractivity contribution in [3.05, 3.63) is 41.2 Å². The number of carbonyl (C=O) groups excluding carboxylic acids is 1. The molecule has 1 amide bonds. The lowest BCUT2D eigenvalue weighted by Crippen LogP contribution is -2.46. The molecule has 1 aromatic carbocycles. The van der Waals surface area contributed by atoms with Crippen molar-refractivity contribution in [2.75, 3.05) is 20.7 Å². The van der Waals surface area contributed by atoms with Crippen molar-refractivity contribution in [1.82, 2.24) is 24.4 Å². The Morgan fingerprint density at radius 2 is 2.18 bits per heavy atom. The van der Waals surface area contributed by atoms with Gasteiger partial charge in [0.1, 0.15) is 4.90 Å². The molecule has 1 aliphatic heterocycles. The summed E-state index contributed by atoms with van der Waals surface area (Å²) in [5.41, 5.74) is 0.262. The molecule has 2 aromatic rings. The third kappa shape index (κ3) is 4.19. The highest BCUT2D eigenvalue weighted by molar-refractivity contribution is 7.89. The monoisotopic (exact) mass is 427 g/mol. The molecule has 2 heterocycles. The number of hydrogen-bond acceptors (Lipinski definition) is 6. The highest BCUT2D eigenvalue weighted by Crippen LogP contribution is 2.27. The Hall–Kier alpha value is -2.01. The third-order valence-corrected chi connectivity index (χ3v) is 6.97. The minimum Gasteiger partial charge on any atom is -0.334 e. The van der Waals surface area contributed by atoms with E-state index in [4.69, 9.17) is 16.4 Å². The number of benzene rings is 1. The van der Waals surface area contributed by atoms with Gasteiger partial charge in [0.15, 0.2) is 0 Å². The molecule has 0 radical (unpaired) electrons. The third-order valence-electron chi connectivity index (χ3n) is 4.81. The summed E-state index contributed by atoms with van der Waals surface area (Å²) < 4.78 is 27.6. The molecule has 152 valence electrons. The first-order valence-electron chi connectivity index (χ1n) is 8.82. The summed E-state index contributed by atoms with van der Waals surface area (Å²) in [7, 11) is -1.47. The lowest BCUT2D eigenvalue weighted by molar-refractivity contribution is -0.0258. The van der Waals surface area contributed by atoms with Crippen molar-refractivity contribution in [3.8, 4) is 0 Å². The van der Waals surface area contributed by atoms with E-state index in [0.29, 0.717) is 17.6 Å². The van der Waals surface area contributed by atoms with Crippen LogP contribution in [-0.4, -0.2) is 65.4 Å². The summed E-state index contributed by atoms with van der Waals surface area (Å²) in [6, 6.07) is 4.22. The van der Waals surface area contributed by atoms with Gasteiger partial charge in [-0.2, -0.15) is 0 Å². The molecule has 1 fully saturated rings. The normalized spacial score (nSPS) is 17.9. The Kier molecular flexibility index (Phi) is 6.33. The predicted molar refractivity (Wildman–Crippen MR) is 102 cm³/mol. The van der Waals surface area contributed by atoms with Gasteiger partial charge in [-0.1, -0.05) is 21.3 Å². The number of likely N-dealkylation sites (tertiary alicyclic amines) is 1. The summed E-state index contributed by atoms with van der Waals surface area (Å²) in [6.45, 7) is 1.14. The molecule has 0 N–H and O–H groups in total. The average molecular weight is 428 g/mol. The Bertz CT molecular complexity index is 935. The maximum absolute atomic E-state index is 13.2. The molecule has 0 saturated carbocycles. The standard InChI is InChI=1S/C17H22ClN5O4S/c1-21(27-2)28(25,26)16-11-13(6-7-15(16)18)17(24)23-9-4-3-5-14(23)12-22-10-8-19-20-22/h6-8,10-11,14H,3-5,9,12H2,1-2H3/t14-/m0/s1. The van der Waals surface area contributed by atoms with Gasteiger partial charge in [-0.15, -0.1) is 5.10 Å². The first kappa shape index (κ1) is 20.7. The number of sulfonamides is 1. The second kappa shape index (κ2) is 8.56. The van der Waals surface area contributed by atoms with Gasteiger partial charge in [0, 0.05) is 25.4 Å². The van der Waals surface area contributed by atoms with Crippen LogP contribution in [0.5, 0.6) is 0 Å². The summed E-state index contributed by atoms with van der Waals surface area (Å²) in [4.78, 5) is 19.6. The Morgan fingerprint density at radius 1 is 1.39 bits per heavy atom. The zero-order valence-corrected chi connectivity index (χ0v) is 17.2. The number of carbonyl (C=O) groups is 1. The van der Waals surface area contributed by atoms with Crippen LogP contribution in [0.3, 0.4) is 0 Å². The van der Waals surface area contributed by atoms with Crippen molar-refractivity contribution >= 4 is 27.5 Å². The zero-order valence-electron chi connectivity index (χ0n) is 15.7. The highest BCUT2D eigenvalue weighted by atomic mass is 35.5. The molecule has 9 nitrogen and oxygen atoms in total.